The summed E-state index contributed by atoms with van der Waals surface area (Å²) < 4.78 is 7.10. The van der Waals surface area contributed by atoms with Gasteiger partial charge < -0.3 is 14.7 Å². The molecule has 0 bridgehead atoms. The second-order valence-electron chi connectivity index (χ2n) is 7.43. The number of ether oxygens (including phenoxy) is 1. The molecule has 0 unspecified atom stereocenters. The lowest BCUT2D eigenvalue weighted by atomic mass is 10.1. The molecule has 1 aromatic heterocycles. The Morgan fingerprint density at radius 2 is 2.04 bits per heavy atom. The molecule has 1 aliphatic heterocycles. The third-order valence-corrected chi connectivity index (χ3v) is 3.97. The van der Waals surface area contributed by atoms with Crippen molar-refractivity contribution in [2.24, 2.45) is 16.8 Å². The highest BCUT2D eigenvalue weighted by atomic mass is 16.5. The maximum Gasteiger partial charge on any atom is 0.351 e. The van der Waals surface area contributed by atoms with Crippen molar-refractivity contribution in [3.63, 3.8) is 0 Å². The first-order valence-electron chi connectivity index (χ1n) is 9.02. The van der Waals surface area contributed by atoms with E-state index in [9.17, 15) is 4.79 Å². The Balaban J connectivity index is 2.07. The zero-order valence-corrected chi connectivity index (χ0v) is 15.6. The van der Waals surface area contributed by atoms with Crippen LogP contribution in [0.25, 0.3) is 0 Å². The Kier molecular flexibility index (Phi) is 7.13. The lowest BCUT2D eigenvalue weighted by Gasteiger charge is -2.23. The molecule has 0 aliphatic carbocycles. The average Bonchev–Trinajstić information content (AvgIpc) is 3.00. The summed E-state index contributed by atoms with van der Waals surface area (Å²) in [5.74, 6) is 1.46. The highest BCUT2D eigenvalue weighted by Gasteiger charge is 2.26. The van der Waals surface area contributed by atoms with E-state index < -0.39 is 0 Å². The summed E-state index contributed by atoms with van der Waals surface area (Å²) in [5, 5.41) is 9.14. The lowest BCUT2D eigenvalue weighted by Crippen LogP contribution is -2.30. The second-order valence-corrected chi connectivity index (χ2v) is 7.43. The molecule has 25 heavy (non-hydrogen) atoms. The number of nitrogens with zero attached hydrogens (tertiary/aromatic N) is 4. The summed E-state index contributed by atoms with van der Waals surface area (Å²) >= 11 is 0. The first kappa shape index (κ1) is 19.6. The van der Waals surface area contributed by atoms with Gasteiger partial charge in [-0.1, -0.05) is 27.7 Å². The molecule has 7 heteroatoms. The van der Waals surface area contributed by atoms with E-state index in [0.29, 0.717) is 24.1 Å². The van der Waals surface area contributed by atoms with Crippen LogP contribution in [0, 0.1) is 11.8 Å². The van der Waals surface area contributed by atoms with Crippen LogP contribution in [0.4, 0.5) is 5.82 Å². The van der Waals surface area contributed by atoms with Crippen LogP contribution in [0.2, 0.25) is 0 Å². The fourth-order valence-electron chi connectivity index (χ4n) is 2.97. The zero-order valence-electron chi connectivity index (χ0n) is 15.6. The van der Waals surface area contributed by atoms with Gasteiger partial charge in [0.1, 0.15) is 6.23 Å². The summed E-state index contributed by atoms with van der Waals surface area (Å²) in [6, 6.07) is 1.72. The van der Waals surface area contributed by atoms with Crippen molar-refractivity contribution in [1.82, 2.24) is 14.5 Å². The number of aromatic nitrogens is 2. The maximum absolute atomic E-state index is 12.2. The van der Waals surface area contributed by atoms with Crippen molar-refractivity contribution >= 4 is 12.2 Å². The monoisotopic (exact) mass is 350 g/mol. The van der Waals surface area contributed by atoms with Crippen molar-refractivity contribution in [3.8, 4) is 0 Å². The number of aliphatic imine (C=N–C) groups is 1. The number of hydrogen-bond donors (Lipinski definition) is 1. The molecular formula is C18H30N4O3. The van der Waals surface area contributed by atoms with E-state index in [1.54, 1.807) is 18.6 Å². The normalized spacial score (nSPS) is 20.9. The van der Waals surface area contributed by atoms with Gasteiger partial charge in [-0.25, -0.2) is 9.79 Å². The fourth-order valence-corrected chi connectivity index (χ4v) is 2.97. The molecule has 0 aromatic carbocycles. The Morgan fingerprint density at radius 1 is 1.36 bits per heavy atom. The predicted octanol–water partition coefficient (Wildman–Crippen LogP) is 2.19. The Bertz CT molecular complexity index is 617. The van der Waals surface area contributed by atoms with Crippen molar-refractivity contribution in [1.29, 1.82) is 0 Å². The van der Waals surface area contributed by atoms with E-state index in [4.69, 9.17) is 9.84 Å². The van der Waals surface area contributed by atoms with Crippen LogP contribution < -0.4 is 5.69 Å². The molecule has 1 saturated heterocycles. The third kappa shape index (κ3) is 5.93. The van der Waals surface area contributed by atoms with Gasteiger partial charge in [0.15, 0.2) is 5.82 Å². The lowest BCUT2D eigenvalue weighted by molar-refractivity contribution is -0.0245. The van der Waals surface area contributed by atoms with Crippen molar-refractivity contribution in [2.75, 3.05) is 19.7 Å². The summed E-state index contributed by atoms with van der Waals surface area (Å²) in [6.45, 7) is 10.5. The van der Waals surface area contributed by atoms with E-state index in [-0.39, 0.29) is 24.6 Å². The summed E-state index contributed by atoms with van der Waals surface area (Å²) in [7, 11) is 0. The average molecular weight is 350 g/mol. The topological polar surface area (TPSA) is 80.0 Å². The smallest absolute Gasteiger partial charge is 0.351 e. The number of aliphatic hydroxyl groups is 1. The van der Waals surface area contributed by atoms with Crippen LogP contribution in [-0.2, 0) is 4.74 Å². The SMILES string of the molecule is CC(C)CN(C=Nc1ccn([C@H]2CC[C@@H](CO)O2)c(=O)n1)CC(C)C. The molecule has 1 N–H and O–H groups in total. The van der Waals surface area contributed by atoms with E-state index in [0.717, 1.165) is 19.5 Å². The molecule has 0 saturated carbocycles. The number of hydrogen-bond acceptors (Lipinski definition) is 5. The minimum Gasteiger partial charge on any atom is -0.394 e. The third-order valence-electron chi connectivity index (χ3n) is 3.97. The summed E-state index contributed by atoms with van der Waals surface area (Å²) in [6.07, 6.45) is 4.34. The molecule has 0 spiro atoms. The Labute approximate surface area is 149 Å². The number of aliphatic hydroxyl groups excluding tert-OH is 1. The molecule has 1 fully saturated rings. The van der Waals surface area contributed by atoms with Gasteiger partial charge in [-0.3, -0.25) is 4.57 Å². The second kappa shape index (κ2) is 9.10. The molecule has 1 aromatic rings. The Hall–Kier alpha value is -1.73. The number of rotatable bonds is 8. The van der Waals surface area contributed by atoms with E-state index in [1.807, 2.05) is 0 Å². The van der Waals surface area contributed by atoms with Crippen LogP contribution in [0.3, 0.4) is 0 Å². The highest BCUT2D eigenvalue weighted by Crippen LogP contribution is 2.26. The molecule has 140 valence electrons. The van der Waals surface area contributed by atoms with Gasteiger partial charge in [0.2, 0.25) is 0 Å². The largest absolute Gasteiger partial charge is 0.394 e. The standard InChI is InChI=1S/C18H30N4O3/c1-13(2)9-21(10-14(3)4)12-19-16-7-8-22(18(24)20-16)17-6-5-15(11-23)25-17/h7-8,12-15,17,23H,5-6,9-11H2,1-4H3/t15-,17+/m0/s1. The van der Waals surface area contributed by atoms with Gasteiger partial charge in [-0.2, -0.15) is 4.98 Å². The van der Waals surface area contributed by atoms with Gasteiger partial charge in [-0.05, 0) is 30.7 Å². The van der Waals surface area contributed by atoms with Crippen molar-refractivity contribution in [3.05, 3.63) is 22.7 Å². The van der Waals surface area contributed by atoms with Gasteiger partial charge in [0.05, 0.1) is 19.0 Å². The molecule has 2 rings (SSSR count). The molecule has 0 radical (unpaired) electrons. The minimum atomic E-state index is -0.377. The van der Waals surface area contributed by atoms with Crippen LogP contribution in [-0.4, -0.2) is 51.7 Å². The molecule has 2 heterocycles. The highest BCUT2D eigenvalue weighted by molar-refractivity contribution is 5.59. The fraction of sp³-hybridized carbons (Fsp3) is 0.722. The van der Waals surface area contributed by atoms with Gasteiger partial charge >= 0.3 is 5.69 Å². The van der Waals surface area contributed by atoms with Crippen molar-refractivity contribution < 1.29 is 9.84 Å². The first-order chi connectivity index (χ1) is 11.9. The quantitative estimate of drug-likeness (QED) is 0.574. The summed E-state index contributed by atoms with van der Waals surface area (Å²) in [4.78, 5) is 22.8. The van der Waals surface area contributed by atoms with Crippen LogP contribution in [0.1, 0.15) is 46.8 Å². The molecule has 2 atom stereocenters. The zero-order chi connectivity index (χ0) is 18.4. The van der Waals surface area contributed by atoms with Crippen LogP contribution in [0.15, 0.2) is 22.1 Å². The van der Waals surface area contributed by atoms with Gasteiger partial charge in [0, 0.05) is 19.3 Å². The van der Waals surface area contributed by atoms with E-state index in [2.05, 4.69) is 42.6 Å². The van der Waals surface area contributed by atoms with Gasteiger partial charge in [-0.15, -0.1) is 0 Å². The summed E-state index contributed by atoms with van der Waals surface area (Å²) in [5.41, 5.74) is -0.377. The van der Waals surface area contributed by atoms with Crippen molar-refractivity contribution in [2.45, 2.75) is 52.9 Å². The maximum atomic E-state index is 12.2. The van der Waals surface area contributed by atoms with Gasteiger partial charge in [0.25, 0.3) is 0 Å². The first-order valence-corrected chi connectivity index (χ1v) is 9.02. The molecule has 1 aliphatic rings. The molecule has 7 nitrogen and oxygen atoms in total. The van der Waals surface area contributed by atoms with E-state index >= 15 is 0 Å². The Morgan fingerprint density at radius 3 is 2.56 bits per heavy atom. The van der Waals surface area contributed by atoms with E-state index in [1.165, 1.54) is 4.57 Å². The molecular weight excluding hydrogens is 320 g/mol. The van der Waals surface area contributed by atoms with Crippen LogP contribution in [0.5, 0.6) is 0 Å². The minimum absolute atomic E-state index is 0.0252. The van der Waals surface area contributed by atoms with Crippen LogP contribution >= 0.6 is 0 Å². The molecule has 0 amide bonds. The predicted molar refractivity (Wildman–Crippen MR) is 98.1 cm³/mol.